The number of rotatable bonds is 5. The van der Waals surface area contributed by atoms with Gasteiger partial charge in [-0.3, -0.25) is 0 Å². The minimum atomic E-state index is -4.25. The topological polar surface area (TPSA) is 12.0 Å². The Bertz CT molecular complexity index is 396. The summed E-state index contributed by atoms with van der Waals surface area (Å²) in [7, 11) is 1.88. The third kappa shape index (κ3) is 3.73. The van der Waals surface area contributed by atoms with E-state index in [0.29, 0.717) is 6.42 Å². The van der Waals surface area contributed by atoms with E-state index in [-0.39, 0.29) is 6.04 Å². The molecule has 1 aromatic carbocycles. The highest BCUT2D eigenvalue weighted by Gasteiger charge is 2.30. The fourth-order valence-corrected chi connectivity index (χ4v) is 2.22. The van der Waals surface area contributed by atoms with Crippen molar-refractivity contribution in [1.82, 2.24) is 5.32 Å². The molecule has 0 aliphatic heterocycles. The van der Waals surface area contributed by atoms with Gasteiger partial charge in [-0.1, -0.05) is 31.0 Å². The van der Waals surface area contributed by atoms with Gasteiger partial charge in [0.25, 0.3) is 0 Å². The zero-order chi connectivity index (χ0) is 13.2. The van der Waals surface area contributed by atoms with E-state index in [4.69, 9.17) is 0 Å². The van der Waals surface area contributed by atoms with Crippen LogP contribution in [-0.4, -0.2) is 13.1 Å². The smallest absolute Gasteiger partial charge is 0.317 e. The molecule has 1 fully saturated rings. The second kappa shape index (κ2) is 5.31. The highest BCUT2D eigenvalue weighted by atomic mass is 19.4. The standard InChI is InChI=1S/C14H18F3N/c1-18-13(8-10-5-6-10)9-11-3-2-4-12(7-11)14(15,16)17/h2-4,7,10,13,18H,5-6,8-9H2,1H3. The van der Waals surface area contributed by atoms with E-state index in [2.05, 4.69) is 5.32 Å². The number of halogens is 3. The number of nitrogens with one attached hydrogen (secondary N) is 1. The van der Waals surface area contributed by atoms with Crippen LogP contribution in [0.2, 0.25) is 0 Å². The summed E-state index contributed by atoms with van der Waals surface area (Å²) < 4.78 is 37.8. The molecule has 18 heavy (non-hydrogen) atoms. The molecule has 4 heteroatoms. The van der Waals surface area contributed by atoms with Crippen molar-refractivity contribution in [3.63, 3.8) is 0 Å². The van der Waals surface area contributed by atoms with Crippen LogP contribution in [0.15, 0.2) is 24.3 Å². The molecule has 0 aromatic heterocycles. The van der Waals surface area contributed by atoms with Crippen LogP contribution in [-0.2, 0) is 12.6 Å². The van der Waals surface area contributed by atoms with Crippen molar-refractivity contribution >= 4 is 0 Å². The van der Waals surface area contributed by atoms with E-state index in [1.165, 1.54) is 25.0 Å². The Morgan fingerprint density at radius 2 is 2.06 bits per heavy atom. The van der Waals surface area contributed by atoms with E-state index in [9.17, 15) is 13.2 Å². The number of benzene rings is 1. The molecular weight excluding hydrogens is 239 g/mol. The van der Waals surface area contributed by atoms with E-state index < -0.39 is 11.7 Å². The number of hydrogen-bond acceptors (Lipinski definition) is 1. The third-order valence-corrected chi connectivity index (χ3v) is 3.46. The largest absolute Gasteiger partial charge is 0.416 e. The quantitative estimate of drug-likeness (QED) is 0.849. The van der Waals surface area contributed by atoms with Crippen LogP contribution in [0.5, 0.6) is 0 Å². The lowest BCUT2D eigenvalue weighted by Gasteiger charge is -2.16. The molecule has 1 nitrogen and oxygen atoms in total. The van der Waals surface area contributed by atoms with Crippen LogP contribution in [0.25, 0.3) is 0 Å². The summed E-state index contributed by atoms with van der Waals surface area (Å²) in [5.74, 6) is 0.772. The summed E-state index contributed by atoms with van der Waals surface area (Å²) in [4.78, 5) is 0. The van der Waals surface area contributed by atoms with E-state index in [0.717, 1.165) is 24.0 Å². The van der Waals surface area contributed by atoms with Gasteiger partial charge in [-0.2, -0.15) is 13.2 Å². The van der Waals surface area contributed by atoms with Crippen LogP contribution in [0.4, 0.5) is 13.2 Å². The van der Waals surface area contributed by atoms with Gasteiger partial charge in [0, 0.05) is 6.04 Å². The van der Waals surface area contributed by atoms with Crippen molar-refractivity contribution in [2.75, 3.05) is 7.05 Å². The molecule has 100 valence electrons. The molecule has 0 radical (unpaired) electrons. The number of alkyl halides is 3. The van der Waals surface area contributed by atoms with Crippen LogP contribution in [0, 0.1) is 5.92 Å². The maximum atomic E-state index is 12.6. The molecule has 0 bridgehead atoms. The molecule has 1 aliphatic rings. The second-order valence-corrected chi connectivity index (χ2v) is 5.07. The van der Waals surface area contributed by atoms with Crippen LogP contribution >= 0.6 is 0 Å². The Balaban J connectivity index is 2.03. The van der Waals surface area contributed by atoms with E-state index in [1.807, 2.05) is 7.05 Å². The van der Waals surface area contributed by atoms with E-state index in [1.54, 1.807) is 6.07 Å². The predicted octanol–water partition coefficient (Wildman–Crippen LogP) is 3.64. The lowest BCUT2D eigenvalue weighted by Crippen LogP contribution is -2.28. The van der Waals surface area contributed by atoms with Crippen molar-refractivity contribution < 1.29 is 13.2 Å². The molecule has 1 aromatic rings. The summed E-state index contributed by atoms with van der Waals surface area (Å²) in [5, 5.41) is 3.20. The summed E-state index contributed by atoms with van der Waals surface area (Å²) in [6.07, 6.45) is 0.00680. The lowest BCUT2D eigenvalue weighted by molar-refractivity contribution is -0.137. The molecule has 0 heterocycles. The van der Waals surface area contributed by atoms with Crippen molar-refractivity contribution in [1.29, 1.82) is 0 Å². The van der Waals surface area contributed by atoms with Gasteiger partial charge in [-0.15, -0.1) is 0 Å². The number of hydrogen-bond donors (Lipinski definition) is 1. The van der Waals surface area contributed by atoms with Gasteiger partial charge in [0.15, 0.2) is 0 Å². The van der Waals surface area contributed by atoms with Gasteiger partial charge < -0.3 is 5.32 Å². The Morgan fingerprint density at radius 1 is 1.33 bits per heavy atom. The molecule has 0 spiro atoms. The van der Waals surface area contributed by atoms with Gasteiger partial charge >= 0.3 is 6.18 Å². The fourth-order valence-electron chi connectivity index (χ4n) is 2.22. The first kappa shape index (κ1) is 13.4. The van der Waals surface area contributed by atoms with E-state index >= 15 is 0 Å². The zero-order valence-electron chi connectivity index (χ0n) is 10.4. The second-order valence-electron chi connectivity index (χ2n) is 5.07. The normalized spacial score (nSPS) is 17.8. The predicted molar refractivity (Wildman–Crippen MR) is 65.3 cm³/mol. The first-order valence-corrected chi connectivity index (χ1v) is 6.32. The van der Waals surface area contributed by atoms with Crippen molar-refractivity contribution in [2.24, 2.45) is 5.92 Å². The van der Waals surface area contributed by atoms with Crippen LogP contribution in [0.3, 0.4) is 0 Å². The third-order valence-electron chi connectivity index (χ3n) is 3.46. The van der Waals surface area contributed by atoms with Crippen molar-refractivity contribution in [3.8, 4) is 0 Å². The first-order valence-electron chi connectivity index (χ1n) is 6.32. The van der Waals surface area contributed by atoms with Crippen molar-refractivity contribution in [2.45, 2.75) is 37.9 Å². The average molecular weight is 257 g/mol. The highest BCUT2D eigenvalue weighted by molar-refractivity contribution is 5.26. The first-order chi connectivity index (χ1) is 8.49. The molecule has 0 saturated heterocycles. The highest BCUT2D eigenvalue weighted by Crippen LogP contribution is 2.34. The minimum absolute atomic E-state index is 0.279. The van der Waals surface area contributed by atoms with Gasteiger partial charge in [0.2, 0.25) is 0 Å². The maximum absolute atomic E-state index is 12.6. The van der Waals surface area contributed by atoms with Gasteiger partial charge in [-0.05, 0) is 37.4 Å². The molecule has 1 aliphatic carbocycles. The zero-order valence-corrected chi connectivity index (χ0v) is 10.4. The van der Waals surface area contributed by atoms with Crippen LogP contribution in [0.1, 0.15) is 30.4 Å². The maximum Gasteiger partial charge on any atom is 0.416 e. The molecular formula is C14H18F3N. The Hall–Kier alpha value is -1.03. The average Bonchev–Trinajstić information content (AvgIpc) is 3.11. The molecule has 1 unspecified atom stereocenters. The Labute approximate surface area is 105 Å². The summed E-state index contributed by atoms with van der Waals surface area (Å²) in [5.41, 5.74) is 0.200. The number of likely N-dealkylation sites (N-methyl/N-ethyl adjacent to an activating group) is 1. The summed E-state index contributed by atoms with van der Waals surface area (Å²) in [6, 6.07) is 5.92. The summed E-state index contributed by atoms with van der Waals surface area (Å²) in [6.45, 7) is 0. The SMILES string of the molecule is CNC(Cc1cccc(C(F)(F)F)c1)CC1CC1. The fraction of sp³-hybridized carbons (Fsp3) is 0.571. The molecule has 1 saturated carbocycles. The molecule has 1 N–H and O–H groups in total. The Kier molecular flexibility index (Phi) is 3.95. The Morgan fingerprint density at radius 3 is 2.61 bits per heavy atom. The monoisotopic (exact) mass is 257 g/mol. The molecule has 2 rings (SSSR count). The molecule has 0 amide bonds. The minimum Gasteiger partial charge on any atom is -0.317 e. The van der Waals surface area contributed by atoms with Crippen LogP contribution < -0.4 is 5.32 Å². The van der Waals surface area contributed by atoms with Crippen molar-refractivity contribution in [3.05, 3.63) is 35.4 Å². The molecule has 1 atom stereocenters. The van der Waals surface area contributed by atoms with Gasteiger partial charge in [-0.25, -0.2) is 0 Å². The van der Waals surface area contributed by atoms with Gasteiger partial charge in [0.05, 0.1) is 5.56 Å². The van der Waals surface area contributed by atoms with Gasteiger partial charge in [0.1, 0.15) is 0 Å². The summed E-state index contributed by atoms with van der Waals surface area (Å²) >= 11 is 0. The lowest BCUT2D eigenvalue weighted by atomic mass is 9.99.